The van der Waals surface area contributed by atoms with E-state index in [0.717, 1.165) is 55.5 Å². The topological polar surface area (TPSA) is 56.8 Å². The lowest BCUT2D eigenvalue weighted by atomic mass is 9.86. The average Bonchev–Trinajstić information content (AvgIpc) is 3.22. The Morgan fingerprint density at radius 2 is 1.65 bits per heavy atom. The highest BCUT2D eigenvalue weighted by atomic mass is 32.1. The quantitative estimate of drug-likeness (QED) is 0.669. The number of thiazole rings is 1. The van der Waals surface area contributed by atoms with Gasteiger partial charge in [0.25, 0.3) is 0 Å². The molecule has 7 heteroatoms. The predicted octanol–water partition coefficient (Wildman–Crippen LogP) is 3.69. The Morgan fingerprint density at radius 1 is 0.968 bits per heavy atom. The normalized spacial score (nSPS) is 22.1. The Hall–Kier alpha value is -1.47. The molecule has 1 saturated carbocycles. The third kappa shape index (κ3) is 6.28. The second-order valence-electron chi connectivity index (χ2n) is 9.66. The second-order valence-corrected chi connectivity index (χ2v) is 10.7. The minimum Gasteiger partial charge on any atom is -0.339 e. The lowest BCUT2D eigenvalue weighted by Gasteiger charge is -2.38. The van der Waals surface area contributed by atoms with Crippen LogP contribution in [0.2, 0.25) is 0 Å². The molecule has 6 nitrogen and oxygen atoms in total. The molecular formula is C24H38N4O2S. The van der Waals surface area contributed by atoms with E-state index in [1.807, 2.05) is 16.7 Å². The van der Waals surface area contributed by atoms with Crippen LogP contribution in [0.1, 0.15) is 68.5 Å². The molecule has 172 valence electrons. The Morgan fingerprint density at radius 3 is 2.29 bits per heavy atom. The van der Waals surface area contributed by atoms with Crippen molar-refractivity contribution >= 4 is 23.2 Å². The summed E-state index contributed by atoms with van der Waals surface area (Å²) in [5, 5.41) is 3.26. The molecule has 31 heavy (non-hydrogen) atoms. The summed E-state index contributed by atoms with van der Waals surface area (Å²) >= 11 is 1.70. The fourth-order valence-electron chi connectivity index (χ4n) is 5.44. The number of hydrogen-bond donors (Lipinski definition) is 0. The van der Waals surface area contributed by atoms with Crippen molar-refractivity contribution in [2.75, 3.05) is 39.3 Å². The number of rotatable bonds is 6. The van der Waals surface area contributed by atoms with Crippen molar-refractivity contribution in [2.24, 2.45) is 11.8 Å². The number of carbonyl (C=O) groups is 2. The summed E-state index contributed by atoms with van der Waals surface area (Å²) < 4.78 is 0. The fraction of sp³-hybridized carbons (Fsp3) is 0.792. The van der Waals surface area contributed by atoms with E-state index in [0.29, 0.717) is 44.4 Å². The van der Waals surface area contributed by atoms with Crippen LogP contribution in [0, 0.1) is 18.8 Å². The van der Waals surface area contributed by atoms with E-state index in [4.69, 9.17) is 0 Å². The van der Waals surface area contributed by atoms with E-state index in [2.05, 4.69) is 15.3 Å². The zero-order chi connectivity index (χ0) is 21.6. The van der Waals surface area contributed by atoms with Gasteiger partial charge in [-0.3, -0.25) is 14.5 Å². The zero-order valence-electron chi connectivity index (χ0n) is 19.1. The number of likely N-dealkylation sites (tertiary alicyclic amines) is 1. The molecule has 2 amide bonds. The summed E-state index contributed by atoms with van der Waals surface area (Å²) in [7, 11) is 0. The fourth-order valence-corrected chi connectivity index (χ4v) is 6.05. The first-order chi connectivity index (χ1) is 15.1. The molecule has 3 fully saturated rings. The van der Waals surface area contributed by atoms with Crippen LogP contribution in [-0.4, -0.2) is 70.8 Å². The van der Waals surface area contributed by atoms with Gasteiger partial charge < -0.3 is 9.80 Å². The third-order valence-corrected chi connectivity index (χ3v) is 8.25. The van der Waals surface area contributed by atoms with Crippen LogP contribution < -0.4 is 0 Å². The molecule has 0 N–H and O–H groups in total. The molecule has 0 spiro atoms. The summed E-state index contributed by atoms with van der Waals surface area (Å²) in [6, 6.07) is 0. The van der Waals surface area contributed by atoms with Gasteiger partial charge in [-0.05, 0) is 45.2 Å². The maximum atomic E-state index is 13.0. The van der Waals surface area contributed by atoms with Crippen molar-refractivity contribution in [3.63, 3.8) is 0 Å². The third-order valence-electron chi connectivity index (χ3n) is 7.42. The molecule has 3 heterocycles. The summed E-state index contributed by atoms with van der Waals surface area (Å²) in [6.45, 7) is 7.68. The second kappa shape index (κ2) is 10.9. The monoisotopic (exact) mass is 446 g/mol. The highest BCUT2D eigenvalue weighted by Crippen LogP contribution is 2.28. The number of piperazine rings is 1. The van der Waals surface area contributed by atoms with Crippen molar-refractivity contribution < 1.29 is 9.59 Å². The summed E-state index contributed by atoms with van der Waals surface area (Å²) in [6.07, 6.45) is 10.3. The van der Waals surface area contributed by atoms with Gasteiger partial charge in [-0.15, -0.1) is 11.3 Å². The molecule has 0 atom stereocenters. The first-order valence-electron chi connectivity index (χ1n) is 12.3. The molecule has 0 radical (unpaired) electrons. The summed E-state index contributed by atoms with van der Waals surface area (Å²) in [4.78, 5) is 36.6. The molecule has 1 aliphatic carbocycles. The molecular weight excluding hydrogens is 408 g/mol. The first kappa shape index (κ1) is 22.7. The van der Waals surface area contributed by atoms with Gasteiger partial charge >= 0.3 is 0 Å². The molecule has 2 aliphatic heterocycles. The lowest BCUT2D eigenvalue weighted by Crippen LogP contribution is -2.53. The van der Waals surface area contributed by atoms with Crippen molar-refractivity contribution in [3.05, 3.63) is 16.1 Å². The van der Waals surface area contributed by atoms with Crippen LogP contribution >= 0.6 is 11.3 Å². The first-order valence-corrected chi connectivity index (χ1v) is 13.2. The van der Waals surface area contributed by atoms with Crippen LogP contribution in [0.5, 0.6) is 0 Å². The molecule has 0 unspecified atom stereocenters. The highest BCUT2D eigenvalue weighted by molar-refractivity contribution is 7.09. The number of nitrogens with zero attached hydrogens (tertiary/aromatic N) is 4. The minimum atomic E-state index is 0.141. The Kier molecular flexibility index (Phi) is 7.99. The number of carbonyl (C=O) groups excluding carboxylic acids is 2. The van der Waals surface area contributed by atoms with E-state index in [1.165, 1.54) is 32.1 Å². The van der Waals surface area contributed by atoms with Crippen molar-refractivity contribution in [2.45, 2.75) is 71.3 Å². The van der Waals surface area contributed by atoms with Crippen molar-refractivity contribution in [1.29, 1.82) is 0 Å². The number of amides is 2. The van der Waals surface area contributed by atoms with Gasteiger partial charge in [-0.2, -0.15) is 0 Å². The number of hydrogen-bond acceptors (Lipinski definition) is 5. The van der Waals surface area contributed by atoms with Crippen LogP contribution in [0.15, 0.2) is 5.38 Å². The van der Waals surface area contributed by atoms with Gasteiger partial charge in [0.2, 0.25) is 11.8 Å². The molecule has 0 aromatic carbocycles. The molecule has 1 aromatic rings. The van der Waals surface area contributed by atoms with Crippen molar-refractivity contribution in [3.8, 4) is 0 Å². The van der Waals surface area contributed by atoms with Gasteiger partial charge in [0.05, 0.1) is 10.7 Å². The molecule has 1 aromatic heterocycles. The van der Waals surface area contributed by atoms with E-state index in [1.54, 1.807) is 11.3 Å². The summed E-state index contributed by atoms with van der Waals surface area (Å²) in [5.74, 6) is 1.50. The minimum absolute atomic E-state index is 0.141. The smallest absolute Gasteiger partial charge is 0.225 e. The van der Waals surface area contributed by atoms with E-state index in [9.17, 15) is 9.59 Å². The van der Waals surface area contributed by atoms with Gasteiger partial charge in [0, 0.05) is 50.4 Å². The molecule has 0 bridgehead atoms. The standard InChI is InChI=1S/C24H38N4O2S/c1-19-25-22(18-31-19)17-26-11-9-21(10-12-26)24(30)28-15-13-27(14-16-28)23(29)8-7-20-5-3-2-4-6-20/h18,20-21H,2-17H2,1H3. The largest absolute Gasteiger partial charge is 0.339 e. The van der Waals surface area contributed by atoms with E-state index >= 15 is 0 Å². The van der Waals surface area contributed by atoms with Crippen molar-refractivity contribution in [1.82, 2.24) is 19.7 Å². The van der Waals surface area contributed by atoms with Crippen LogP contribution in [0.3, 0.4) is 0 Å². The Labute approximate surface area is 191 Å². The van der Waals surface area contributed by atoms with Gasteiger partial charge in [-0.1, -0.05) is 32.1 Å². The average molecular weight is 447 g/mol. The van der Waals surface area contributed by atoms with E-state index < -0.39 is 0 Å². The van der Waals surface area contributed by atoms with Gasteiger partial charge in [-0.25, -0.2) is 4.98 Å². The predicted molar refractivity (Wildman–Crippen MR) is 124 cm³/mol. The maximum Gasteiger partial charge on any atom is 0.225 e. The van der Waals surface area contributed by atoms with Gasteiger partial charge in [0.15, 0.2) is 0 Å². The SMILES string of the molecule is Cc1nc(CN2CCC(C(=O)N3CCN(C(=O)CCC4CCCCC4)CC3)CC2)cs1. The highest BCUT2D eigenvalue weighted by Gasteiger charge is 2.31. The molecule has 4 rings (SSSR count). The van der Waals surface area contributed by atoms with Crippen LogP contribution in [0.4, 0.5) is 0 Å². The van der Waals surface area contributed by atoms with E-state index in [-0.39, 0.29) is 5.92 Å². The maximum absolute atomic E-state index is 13.0. The molecule has 3 aliphatic rings. The summed E-state index contributed by atoms with van der Waals surface area (Å²) in [5.41, 5.74) is 1.15. The van der Waals surface area contributed by atoms with Crippen LogP contribution in [-0.2, 0) is 16.1 Å². The lowest BCUT2D eigenvalue weighted by molar-refractivity contribution is -0.143. The van der Waals surface area contributed by atoms with Gasteiger partial charge in [0.1, 0.15) is 0 Å². The van der Waals surface area contributed by atoms with Crippen LogP contribution in [0.25, 0.3) is 0 Å². The number of aryl methyl sites for hydroxylation is 1. The Bertz CT molecular complexity index is 730. The molecule has 2 saturated heterocycles. The Balaban J connectivity index is 1.15. The zero-order valence-corrected chi connectivity index (χ0v) is 19.9. The number of aromatic nitrogens is 1. The number of piperidine rings is 1.